The first-order chi connectivity index (χ1) is 14.4. The van der Waals surface area contributed by atoms with Crippen LogP contribution in [0.4, 0.5) is 0 Å². The number of hydrogen-bond donors (Lipinski definition) is 0. The molecule has 3 aliphatic rings. The summed E-state index contributed by atoms with van der Waals surface area (Å²) in [6, 6.07) is 20.5. The van der Waals surface area contributed by atoms with Crippen molar-refractivity contribution in [2.45, 2.75) is 31.3 Å². The fraction of sp³-hybridized carbons (Fsp3) is 0.333. The number of fused-ring (bicyclic) bond motifs is 1. The molecule has 0 radical (unpaired) electrons. The minimum Gasteiger partial charge on any atom is -0.303 e. The molecule has 0 bridgehead atoms. The molecule has 2 aromatic rings. The first-order valence-corrected chi connectivity index (χ1v) is 12.7. The Labute approximate surface area is 176 Å². The van der Waals surface area contributed by atoms with Gasteiger partial charge >= 0.3 is 0 Å². The zero-order valence-corrected chi connectivity index (χ0v) is 18.0. The van der Waals surface area contributed by atoms with Gasteiger partial charge in [0, 0.05) is 12.2 Å². The molecule has 2 heteroatoms. The average molecular weight is 400 g/mol. The van der Waals surface area contributed by atoms with Gasteiger partial charge in [0.15, 0.2) is 0 Å². The Morgan fingerprint density at radius 1 is 0.862 bits per heavy atom. The maximum atomic E-state index is 2.69. The second-order valence-corrected chi connectivity index (χ2v) is 10.8. The van der Waals surface area contributed by atoms with Gasteiger partial charge in [-0.25, -0.2) is 0 Å². The number of hydrogen-bond acceptors (Lipinski definition) is 1. The van der Waals surface area contributed by atoms with Crippen molar-refractivity contribution in [3.8, 4) is 0 Å². The smallest absolute Gasteiger partial charge is 0.0306 e. The number of allylic oxidation sites excluding steroid dienone is 5. The number of rotatable bonds is 5. The average Bonchev–Trinajstić information content (AvgIpc) is 3.24. The summed E-state index contributed by atoms with van der Waals surface area (Å²) in [7, 11) is -0.311. The fourth-order valence-electron chi connectivity index (χ4n) is 5.07. The Morgan fingerprint density at radius 3 is 2.52 bits per heavy atom. The molecular formula is C27H30NP. The molecule has 0 aromatic heterocycles. The SMILES string of the molecule is C1=CC2=C(CC1)C(P(CCN1CCCC1)c1ccccc1)c1ccccc1C=C2. The first-order valence-electron chi connectivity index (χ1n) is 11.1. The van der Waals surface area contributed by atoms with Crippen LogP contribution in [-0.4, -0.2) is 30.7 Å². The van der Waals surface area contributed by atoms with Gasteiger partial charge in [0.1, 0.15) is 0 Å². The fourth-order valence-corrected chi connectivity index (χ4v) is 8.17. The molecule has 1 nitrogen and oxygen atoms in total. The van der Waals surface area contributed by atoms with Gasteiger partial charge in [-0.3, -0.25) is 0 Å². The van der Waals surface area contributed by atoms with E-state index < -0.39 is 0 Å². The van der Waals surface area contributed by atoms with Crippen molar-refractivity contribution in [2.24, 2.45) is 0 Å². The molecule has 0 amide bonds. The lowest BCUT2D eigenvalue weighted by Crippen LogP contribution is -2.25. The minimum atomic E-state index is -0.311. The molecule has 2 atom stereocenters. The molecule has 5 rings (SSSR count). The standard InChI is InChI=1S/C27H30NP/c1-2-12-24(13-3-1)29(21-20-28-18-8-9-19-28)27-25-14-6-4-10-22(25)16-17-23-11-5-7-15-26(23)27/h1-6,10-14,16-17,27H,7-9,15,18-21H2. The molecule has 1 saturated heterocycles. The van der Waals surface area contributed by atoms with Crippen LogP contribution < -0.4 is 5.30 Å². The van der Waals surface area contributed by atoms with Crippen LogP contribution in [0.1, 0.15) is 42.5 Å². The summed E-state index contributed by atoms with van der Waals surface area (Å²) in [5.41, 5.74) is 6.61. The highest BCUT2D eigenvalue weighted by Crippen LogP contribution is 2.58. The highest BCUT2D eigenvalue weighted by molar-refractivity contribution is 7.66. The van der Waals surface area contributed by atoms with Gasteiger partial charge in [0.25, 0.3) is 0 Å². The topological polar surface area (TPSA) is 3.24 Å². The second-order valence-electron chi connectivity index (χ2n) is 8.36. The summed E-state index contributed by atoms with van der Waals surface area (Å²) in [5, 5.41) is 1.56. The molecule has 1 aliphatic heterocycles. The summed E-state index contributed by atoms with van der Waals surface area (Å²) in [6.45, 7) is 3.82. The maximum absolute atomic E-state index is 2.69. The third-order valence-corrected chi connectivity index (χ3v) is 9.42. The van der Waals surface area contributed by atoms with E-state index in [1.807, 2.05) is 0 Å². The third-order valence-electron chi connectivity index (χ3n) is 6.57. The normalized spacial score (nSPS) is 22.3. The maximum Gasteiger partial charge on any atom is 0.0306 e. The third kappa shape index (κ3) is 4.04. The quantitative estimate of drug-likeness (QED) is 0.533. The van der Waals surface area contributed by atoms with Crippen LogP contribution in [0.25, 0.3) is 6.08 Å². The van der Waals surface area contributed by atoms with Crippen LogP contribution in [0.15, 0.2) is 84.0 Å². The van der Waals surface area contributed by atoms with Crippen molar-refractivity contribution in [2.75, 3.05) is 25.8 Å². The molecule has 1 fully saturated rings. The second kappa shape index (κ2) is 8.82. The van der Waals surface area contributed by atoms with Crippen molar-refractivity contribution in [1.82, 2.24) is 4.90 Å². The van der Waals surface area contributed by atoms with Gasteiger partial charge in [-0.2, -0.15) is 0 Å². The van der Waals surface area contributed by atoms with E-state index in [0.717, 1.165) is 0 Å². The van der Waals surface area contributed by atoms with E-state index in [2.05, 4.69) is 83.8 Å². The highest BCUT2D eigenvalue weighted by atomic mass is 31.1. The molecule has 2 aromatic carbocycles. The lowest BCUT2D eigenvalue weighted by Gasteiger charge is -2.34. The van der Waals surface area contributed by atoms with Crippen molar-refractivity contribution in [1.29, 1.82) is 0 Å². The van der Waals surface area contributed by atoms with Crippen LogP contribution in [0.3, 0.4) is 0 Å². The van der Waals surface area contributed by atoms with Crippen molar-refractivity contribution in [3.05, 3.63) is 95.1 Å². The Morgan fingerprint density at radius 2 is 1.66 bits per heavy atom. The van der Waals surface area contributed by atoms with Crippen molar-refractivity contribution >= 4 is 19.3 Å². The molecule has 0 saturated carbocycles. The van der Waals surface area contributed by atoms with Gasteiger partial charge in [-0.05, 0) is 66.9 Å². The summed E-state index contributed by atoms with van der Waals surface area (Å²) in [4.78, 5) is 2.69. The van der Waals surface area contributed by atoms with Gasteiger partial charge < -0.3 is 4.90 Å². The van der Waals surface area contributed by atoms with Gasteiger partial charge in [-0.1, -0.05) is 92.4 Å². The molecule has 29 heavy (non-hydrogen) atoms. The molecular weight excluding hydrogens is 369 g/mol. The number of benzene rings is 2. The van der Waals surface area contributed by atoms with E-state index in [4.69, 9.17) is 0 Å². The highest BCUT2D eigenvalue weighted by Gasteiger charge is 2.32. The van der Waals surface area contributed by atoms with E-state index in [0.29, 0.717) is 5.66 Å². The van der Waals surface area contributed by atoms with Crippen molar-refractivity contribution < 1.29 is 0 Å². The van der Waals surface area contributed by atoms with Crippen LogP contribution in [0.5, 0.6) is 0 Å². The molecule has 148 valence electrons. The van der Waals surface area contributed by atoms with Gasteiger partial charge in [0.2, 0.25) is 0 Å². The summed E-state index contributed by atoms with van der Waals surface area (Å²) >= 11 is 0. The van der Waals surface area contributed by atoms with E-state index in [9.17, 15) is 0 Å². The lowest BCUT2D eigenvalue weighted by atomic mass is 9.92. The van der Waals surface area contributed by atoms with Crippen LogP contribution in [-0.2, 0) is 0 Å². The summed E-state index contributed by atoms with van der Waals surface area (Å²) < 4.78 is 0. The molecule has 0 N–H and O–H groups in total. The zero-order chi connectivity index (χ0) is 19.5. The van der Waals surface area contributed by atoms with E-state index in [-0.39, 0.29) is 7.92 Å². The Balaban J connectivity index is 1.59. The largest absolute Gasteiger partial charge is 0.303 e. The summed E-state index contributed by atoms with van der Waals surface area (Å²) in [5.74, 6) is 0. The van der Waals surface area contributed by atoms with Crippen LogP contribution >= 0.6 is 7.92 Å². The number of likely N-dealkylation sites (tertiary alicyclic amines) is 1. The molecule has 1 heterocycles. The monoisotopic (exact) mass is 399 g/mol. The Bertz CT molecular complexity index is 934. The Hall–Kier alpha value is -1.95. The van der Waals surface area contributed by atoms with Crippen LogP contribution in [0.2, 0.25) is 0 Å². The predicted octanol–water partition coefficient (Wildman–Crippen LogP) is 6.30. The first kappa shape index (κ1) is 19.0. The van der Waals surface area contributed by atoms with E-state index >= 15 is 0 Å². The molecule has 2 aliphatic carbocycles. The van der Waals surface area contributed by atoms with Crippen LogP contribution in [0, 0.1) is 0 Å². The predicted molar refractivity (Wildman–Crippen MR) is 127 cm³/mol. The zero-order valence-electron chi connectivity index (χ0n) is 17.1. The number of nitrogens with zero attached hydrogens (tertiary/aromatic N) is 1. The summed E-state index contributed by atoms with van der Waals surface area (Å²) in [6.07, 6.45) is 15.8. The van der Waals surface area contributed by atoms with Gasteiger partial charge in [-0.15, -0.1) is 0 Å². The molecule has 2 unspecified atom stereocenters. The lowest BCUT2D eigenvalue weighted by molar-refractivity contribution is 0.361. The van der Waals surface area contributed by atoms with Crippen molar-refractivity contribution in [3.63, 3.8) is 0 Å². The molecule has 0 spiro atoms. The van der Waals surface area contributed by atoms with E-state index in [1.54, 1.807) is 16.4 Å². The Kier molecular flexibility index (Phi) is 5.79. The van der Waals surface area contributed by atoms with E-state index in [1.165, 1.54) is 62.6 Å². The minimum absolute atomic E-state index is 0.311. The van der Waals surface area contributed by atoms with Gasteiger partial charge in [0.05, 0.1) is 0 Å².